The van der Waals surface area contributed by atoms with Gasteiger partial charge in [0.2, 0.25) is 0 Å². The summed E-state index contributed by atoms with van der Waals surface area (Å²) in [5, 5.41) is 3.33. The molecular formula is C12H17ClFNO. The molecule has 0 atom stereocenters. The second kappa shape index (κ2) is 5.51. The zero-order valence-electron chi connectivity index (χ0n) is 9.81. The smallest absolute Gasteiger partial charge is 0.183 e. The third kappa shape index (κ3) is 4.37. The fourth-order valence-electron chi connectivity index (χ4n) is 1.18. The van der Waals surface area contributed by atoms with Crippen LogP contribution in [0.3, 0.4) is 0 Å². The summed E-state index contributed by atoms with van der Waals surface area (Å²) in [4.78, 5) is 0. The second-order valence-electron chi connectivity index (χ2n) is 4.58. The lowest BCUT2D eigenvalue weighted by Gasteiger charge is -2.20. The lowest BCUT2D eigenvalue weighted by molar-refractivity contribution is 0.279. The quantitative estimate of drug-likeness (QED) is 0.823. The Kier molecular flexibility index (Phi) is 4.56. The van der Waals surface area contributed by atoms with E-state index in [4.69, 9.17) is 16.3 Å². The number of benzene rings is 1. The number of hydrogen-bond acceptors (Lipinski definition) is 2. The third-order valence-electron chi connectivity index (χ3n) is 1.93. The summed E-state index contributed by atoms with van der Waals surface area (Å²) in [5.41, 5.74) is 0.0379. The van der Waals surface area contributed by atoms with Gasteiger partial charge >= 0.3 is 0 Å². The molecule has 0 aliphatic heterocycles. The molecule has 1 aromatic carbocycles. The first-order chi connectivity index (χ1) is 7.40. The van der Waals surface area contributed by atoms with Crippen molar-refractivity contribution in [1.82, 2.24) is 5.32 Å². The van der Waals surface area contributed by atoms with Crippen LogP contribution in [0.25, 0.3) is 0 Å². The number of ether oxygens (including phenoxy) is 1. The highest BCUT2D eigenvalue weighted by molar-refractivity contribution is 6.30. The van der Waals surface area contributed by atoms with Crippen molar-refractivity contribution in [2.45, 2.75) is 26.3 Å². The van der Waals surface area contributed by atoms with Gasteiger partial charge in [-0.25, -0.2) is 4.39 Å². The van der Waals surface area contributed by atoms with Crippen LogP contribution in [0.5, 0.6) is 5.75 Å². The van der Waals surface area contributed by atoms with Gasteiger partial charge in [-0.05, 0) is 32.9 Å². The average molecular weight is 246 g/mol. The minimum atomic E-state index is -0.500. The molecule has 16 heavy (non-hydrogen) atoms. The molecule has 0 fully saturated rings. The predicted octanol–water partition coefficient (Wildman–Crippen LogP) is 3.25. The molecule has 1 N–H and O–H groups in total. The first-order valence-corrected chi connectivity index (χ1v) is 5.60. The van der Waals surface area contributed by atoms with Crippen molar-refractivity contribution in [1.29, 1.82) is 0 Å². The van der Waals surface area contributed by atoms with Gasteiger partial charge in [0.25, 0.3) is 0 Å². The summed E-state index contributed by atoms with van der Waals surface area (Å²) in [6.07, 6.45) is 0. The maximum Gasteiger partial charge on any atom is 0.183 e. The van der Waals surface area contributed by atoms with Crippen molar-refractivity contribution in [2.75, 3.05) is 13.2 Å². The zero-order valence-corrected chi connectivity index (χ0v) is 10.6. The van der Waals surface area contributed by atoms with Gasteiger partial charge in [0, 0.05) is 12.1 Å². The Balaban J connectivity index is 2.41. The van der Waals surface area contributed by atoms with Crippen LogP contribution in [0.15, 0.2) is 18.2 Å². The van der Waals surface area contributed by atoms with Crippen molar-refractivity contribution in [3.8, 4) is 5.75 Å². The highest BCUT2D eigenvalue weighted by Gasteiger charge is 2.09. The van der Waals surface area contributed by atoms with Crippen LogP contribution >= 0.6 is 11.6 Å². The Morgan fingerprint density at radius 2 is 2.06 bits per heavy atom. The van der Waals surface area contributed by atoms with Crippen LogP contribution in [0.4, 0.5) is 4.39 Å². The normalized spacial score (nSPS) is 11.6. The fraction of sp³-hybridized carbons (Fsp3) is 0.500. The highest BCUT2D eigenvalue weighted by atomic mass is 35.5. The minimum absolute atomic E-state index is 0.0379. The molecule has 0 aromatic heterocycles. The van der Waals surface area contributed by atoms with E-state index in [1.165, 1.54) is 6.07 Å². The standard InChI is InChI=1S/C12H17ClFNO/c1-12(2,3)15-7-8-16-10-6-4-5-9(13)11(10)14/h4-6,15H,7-8H2,1-3H3. The molecule has 0 unspecified atom stereocenters. The van der Waals surface area contributed by atoms with E-state index in [-0.39, 0.29) is 16.3 Å². The Morgan fingerprint density at radius 3 is 2.69 bits per heavy atom. The topological polar surface area (TPSA) is 21.3 Å². The predicted molar refractivity (Wildman–Crippen MR) is 64.7 cm³/mol. The molecule has 0 heterocycles. The zero-order chi connectivity index (χ0) is 12.2. The summed E-state index contributed by atoms with van der Waals surface area (Å²) in [7, 11) is 0. The van der Waals surface area contributed by atoms with E-state index in [1.54, 1.807) is 12.1 Å². The molecule has 0 aliphatic rings. The summed E-state index contributed by atoms with van der Waals surface area (Å²) >= 11 is 5.63. The van der Waals surface area contributed by atoms with Crippen LogP contribution in [0.1, 0.15) is 20.8 Å². The molecule has 0 saturated carbocycles. The van der Waals surface area contributed by atoms with Gasteiger partial charge in [-0.1, -0.05) is 17.7 Å². The maximum absolute atomic E-state index is 13.4. The van der Waals surface area contributed by atoms with Gasteiger partial charge in [0.1, 0.15) is 6.61 Å². The Morgan fingerprint density at radius 1 is 1.38 bits per heavy atom. The first kappa shape index (κ1) is 13.3. The summed E-state index contributed by atoms with van der Waals surface area (Å²) in [6.45, 7) is 7.26. The van der Waals surface area contributed by atoms with E-state index in [9.17, 15) is 4.39 Å². The maximum atomic E-state index is 13.4. The number of nitrogens with one attached hydrogen (secondary N) is 1. The molecule has 4 heteroatoms. The molecule has 0 spiro atoms. The second-order valence-corrected chi connectivity index (χ2v) is 4.98. The molecule has 90 valence electrons. The van der Waals surface area contributed by atoms with E-state index >= 15 is 0 Å². The molecule has 1 aromatic rings. The van der Waals surface area contributed by atoms with Crippen LogP contribution in [0, 0.1) is 5.82 Å². The van der Waals surface area contributed by atoms with E-state index in [0.29, 0.717) is 13.2 Å². The van der Waals surface area contributed by atoms with Crippen LogP contribution < -0.4 is 10.1 Å². The largest absolute Gasteiger partial charge is 0.489 e. The fourth-order valence-corrected chi connectivity index (χ4v) is 1.35. The highest BCUT2D eigenvalue weighted by Crippen LogP contribution is 2.23. The van der Waals surface area contributed by atoms with Crippen LogP contribution in [-0.2, 0) is 0 Å². The SMILES string of the molecule is CC(C)(C)NCCOc1cccc(Cl)c1F. The summed E-state index contributed by atoms with van der Waals surface area (Å²) in [6, 6.07) is 4.73. The van der Waals surface area contributed by atoms with E-state index in [2.05, 4.69) is 26.1 Å². The molecule has 2 nitrogen and oxygen atoms in total. The number of hydrogen-bond donors (Lipinski definition) is 1. The van der Waals surface area contributed by atoms with Crippen molar-refractivity contribution in [3.63, 3.8) is 0 Å². The molecule has 0 amide bonds. The Hall–Kier alpha value is -0.800. The molecule has 0 aliphatic carbocycles. The van der Waals surface area contributed by atoms with E-state index < -0.39 is 5.82 Å². The van der Waals surface area contributed by atoms with Gasteiger partial charge in [0.05, 0.1) is 5.02 Å². The Bertz CT molecular complexity index is 349. The lowest BCUT2D eigenvalue weighted by Crippen LogP contribution is -2.38. The average Bonchev–Trinajstić information content (AvgIpc) is 2.17. The van der Waals surface area contributed by atoms with Gasteiger partial charge in [0.15, 0.2) is 11.6 Å². The van der Waals surface area contributed by atoms with Crippen molar-refractivity contribution < 1.29 is 9.13 Å². The van der Waals surface area contributed by atoms with Gasteiger partial charge < -0.3 is 10.1 Å². The molecule has 0 bridgehead atoms. The van der Waals surface area contributed by atoms with Crippen molar-refractivity contribution in [3.05, 3.63) is 29.0 Å². The third-order valence-corrected chi connectivity index (χ3v) is 2.22. The first-order valence-electron chi connectivity index (χ1n) is 5.22. The van der Waals surface area contributed by atoms with Crippen LogP contribution in [-0.4, -0.2) is 18.7 Å². The summed E-state index contributed by atoms with van der Waals surface area (Å²) in [5.74, 6) is -0.303. The minimum Gasteiger partial charge on any atom is -0.489 e. The van der Waals surface area contributed by atoms with E-state index in [0.717, 1.165) is 0 Å². The molecular weight excluding hydrogens is 229 g/mol. The lowest BCUT2D eigenvalue weighted by atomic mass is 10.1. The monoisotopic (exact) mass is 245 g/mol. The van der Waals surface area contributed by atoms with Gasteiger partial charge in [-0.2, -0.15) is 0 Å². The van der Waals surface area contributed by atoms with Gasteiger partial charge in [-0.15, -0.1) is 0 Å². The van der Waals surface area contributed by atoms with Crippen LogP contribution in [0.2, 0.25) is 5.02 Å². The van der Waals surface area contributed by atoms with Crippen molar-refractivity contribution >= 4 is 11.6 Å². The van der Waals surface area contributed by atoms with Gasteiger partial charge in [-0.3, -0.25) is 0 Å². The van der Waals surface area contributed by atoms with E-state index in [1.807, 2.05) is 0 Å². The molecule has 0 radical (unpaired) electrons. The van der Waals surface area contributed by atoms with Crippen molar-refractivity contribution in [2.24, 2.45) is 0 Å². The number of halogens is 2. The molecule has 0 saturated heterocycles. The number of rotatable bonds is 4. The summed E-state index contributed by atoms with van der Waals surface area (Å²) < 4.78 is 18.7. The Labute approximate surface area is 101 Å². The molecule has 1 rings (SSSR count).